The molecule has 2 aromatic rings. The van der Waals surface area contributed by atoms with Gasteiger partial charge in [0.25, 0.3) is 0 Å². The van der Waals surface area contributed by atoms with Gasteiger partial charge in [0.1, 0.15) is 6.61 Å². The lowest BCUT2D eigenvalue weighted by molar-refractivity contribution is -0.143. The van der Waals surface area contributed by atoms with Crippen molar-refractivity contribution >= 4 is 5.97 Å². The van der Waals surface area contributed by atoms with Crippen molar-refractivity contribution in [3.63, 3.8) is 0 Å². The maximum Gasteiger partial charge on any atom is 0.306 e. The molecule has 1 saturated heterocycles. The van der Waals surface area contributed by atoms with E-state index in [0.29, 0.717) is 25.2 Å². The molecule has 0 aromatic heterocycles. The summed E-state index contributed by atoms with van der Waals surface area (Å²) in [5.41, 5.74) is 2.25. The van der Waals surface area contributed by atoms with Crippen LogP contribution in [0.4, 0.5) is 0 Å². The molecule has 1 heterocycles. The second-order valence-corrected chi connectivity index (χ2v) is 6.65. The van der Waals surface area contributed by atoms with Crippen LogP contribution < -0.4 is 9.47 Å². The first-order chi connectivity index (χ1) is 12.7. The van der Waals surface area contributed by atoms with Gasteiger partial charge in [0.2, 0.25) is 0 Å². The molecule has 0 unspecified atom stereocenters. The molecule has 0 aliphatic carbocycles. The highest BCUT2D eigenvalue weighted by Crippen LogP contribution is 2.30. The highest BCUT2D eigenvalue weighted by Gasteiger charge is 2.24. The summed E-state index contributed by atoms with van der Waals surface area (Å²) in [6, 6.07) is 16.0. The molecule has 0 atom stereocenters. The van der Waals surface area contributed by atoms with E-state index < -0.39 is 5.97 Å². The van der Waals surface area contributed by atoms with E-state index in [9.17, 15) is 4.79 Å². The van der Waals surface area contributed by atoms with Gasteiger partial charge in [-0.25, -0.2) is 0 Å². The van der Waals surface area contributed by atoms with Crippen LogP contribution >= 0.6 is 0 Å². The summed E-state index contributed by atoms with van der Waals surface area (Å²) in [6.07, 6.45) is 1.42. The van der Waals surface area contributed by atoms with Crippen LogP contribution in [-0.4, -0.2) is 36.2 Å². The fourth-order valence-electron chi connectivity index (χ4n) is 3.26. The Labute approximate surface area is 154 Å². The molecular formula is C21H25NO4. The summed E-state index contributed by atoms with van der Waals surface area (Å²) in [5.74, 6) is 0.570. The van der Waals surface area contributed by atoms with Crippen LogP contribution in [0.1, 0.15) is 24.0 Å². The van der Waals surface area contributed by atoms with Crippen molar-refractivity contribution in [3.8, 4) is 11.5 Å². The van der Waals surface area contributed by atoms with Gasteiger partial charge in [-0.05, 0) is 49.2 Å². The molecule has 1 fully saturated rings. The lowest BCUT2D eigenvalue weighted by atomic mass is 9.97. The highest BCUT2D eigenvalue weighted by atomic mass is 16.5. The van der Waals surface area contributed by atoms with Gasteiger partial charge in [0.15, 0.2) is 11.5 Å². The van der Waals surface area contributed by atoms with Crippen molar-refractivity contribution in [1.82, 2.24) is 4.90 Å². The molecule has 2 aromatic carbocycles. The third-order valence-corrected chi connectivity index (χ3v) is 4.81. The lowest BCUT2D eigenvalue weighted by Crippen LogP contribution is -2.35. The first kappa shape index (κ1) is 18.3. The molecule has 1 N–H and O–H groups in total. The summed E-state index contributed by atoms with van der Waals surface area (Å²) in [6.45, 7) is 2.90. The molecule has 5 nitrogen and oxygen atoms in total. The number of carboxylic acid groups (broad SMARTS) is 1. The number of hydrogen-bond donors (Lipinski definition) is 1. The zero-order valence-corrected chi connectivity index (χ0v) is 15.1. The van der Waals surface area contributed by atoms with Gasteiger partial charge in [-0.2, -0.15) is 0 Å². The summed E-state index contributed by atoms with van der Waals surface area (Å²) in [4.78, 5) is 13.4. The minimum Gasteiger partial charge on any atom is -0.493 e. The zero-order valence-electron chi connectivity index (χ0n) is 15.1. The summed E-state index contributed by atoms with van der Waals surface area (Å²) < 4.78 is 11.4. The fourth-order valence-corrected chi connectivity index (χ4v) is 3.26. The van der Waals surface area contributed by atoms with Crippen molar-refractivity contribution in [1.29, 1.82) is 0 Å². The maximum atomic E-state index is 11.1. The summed E-state index contributed by atoms with van der Waals surface area (Å²) in [7, 11) is 1.64. The van der Waals surface area contributed by atoms with Gasteiger partial charge in [0.05, 0.1) is 13.0 Å². The standard InChI is InChI=1S/C21H25NO4/c1-25-19-8-7-17(14-22-11-9-18(10-12-22)21(23)24)13-20(19)26-15-16-5-3-2-4-6-16/h2-8,13,18H,9-12,14-15H2,1H3,(H,23,24). The first-order valence-corrected chi connectivity index (χ1v) is 8.94. The normalized spacial score (nSPS) is 15.6. The van der Waals surface area contributed by atoms with E-state index in [1.165, 1.54) is 0 Å². The average Bonchev–Trinajstić information content (AvgIpc) is 2.68. The zero-order chi connectivity index (χ0) is 18.4. The second-order valence-electron chi connectivity index (χ2n) is 6.65. The third-order valence-electron chi connectivity index (χ3n) is 4.81. The molecule has 0 spiro atoms. The number of likely N-dealkylation sites (tertiary alicyclic amines) is 1. The third kappa shape index (κ3) is 4.76. The van der Waals surface area contributed by atoms with Gasteiger partial charge >= 0.3 is 5.97 Å². The largest absolute Gasteiger partial charge is 0.493 e. The Morgan fingerprint density at radius 3 is 2.46 bits per heavy atom. The minimum absolute atomic E-state index is 0.202. The van der Waals surface area contributed by atoms with Crippen LogP contribution in [0.3, 0.4) is 0 Å². The molecule has 5 heteroatoms. The second kappa shape index (κ2) is 8.72. The van der Waals surface area contributed by atoms with Crippen molar-refractivity contribution < 1.29 is 19.4 Å². The minimum atomic E-state index is -0.675. The number of carboxylic acids is 1. The Morgan fingerprint density at radius 1 is 1.08 bits per heavy atom. The number of methoxy groups -OCH3 is 1. The number of ether oxygens (including phenoxy) is 2. The SMILES string of the molecule is COc1ccc(CN2CCC(C(=O)O)CC2)cc1OCc1ccccc1. The number of nitrogens with zero attached hydrogens (tertiary/aromatic N) is 1. The number of aliphatic carboxylic acids is 1. The van der Waals surface area contributed by atoms with Crippen molar-refractivity contribution in [2.24, 2.45) is 5.92 Å². The molecule has 1 aliphatic rings. The van der Waals surface area contributed by atoms with Crippen LogP contribution in [0.5, 0.6) is 11.5 Å². The predicted molar refractivity (Wildman–Crippen MR) is 99.4 cm³/mol. The fraction of sp³-hybridized carbons (Fsp3) is 0.381. The van der Waals surface area contributed by atoms with Crippen LogP contribution in [0.25, 0.3) is 0 Å². The van der Waals surface area contributed by atoms with Crippen LogP contribution in [0, 0.1) is 5.92 Å². The van der Waals surface area contributed by atoms with Gasteiger partial charge < -0.3 is 14.6 Å². The maximum absolute atomic E-state index is 11.1. The van der Waals surface area contributed by atoms with E-state index in [0.717, 1.165) is 36.5 Å². The Bertz CT molecular complexity index is 724. The number of carbonyl (C=O) groups is 1. The molecule has 3 rings (SSSR count). The molecule has 26 heavy (non-hydrogen) atoms. The van der Waals surface area contributed by atoms with Crippen LogP contribution in [0.2, 0.25) is 0 Å². The topological polar surface area (TPSA) is 59.0 Å². The van der Waals surface area contributed by atoms with Gasteiger partial charge in [-0.15, -0.1) is 0 Å². The Morgan fingerprint density at radius 2 is 1.81 bits per heavy atom. The molecule has 1 aliphatic heterocycles. The summed E-state index contributed by atoms with van der Waals surface area (Å²) >= 11 is 0. The van der Waals surface area contributed by atoms with E-state index in [1.54, 1.807) is 7.11 Å². The molecule has 0 bridgehead atoms. The highest BCUT2D eigenvalue weighted by molar-refractivity contribution is 5.70. The number of rotatable bonds is 7. The molecule has 0 saturated carbocycles. The lowest BCUT2D eigenvalue weighted by Gasteiger charge is -2.30. The summed E-state index contributed by atoms with van der Waals surface area (Å²) in [5, 5.41) is 9.11. The first-order valence-electron chi connectivity index (χ1n) is 8.94. The van der Waals surface area contributed by atoms with Crippen LogP contribution in [0.15, 0.2) is 48.5 Å². The average molecular weight is 355 g/mol. The molecule has 138 valence electrons. The van der Waals surface area contributed by atoms with E-state index in [4.69, 9.17) is 14.6 Å². The number of benzene rings is 2. The van der Waals surface area contributed by atoms with Crippen molar-refractivity contribution in [2.75, 3.05) is 20.2 Å². The van der Waals surface area contributed by atoms with E-state index in [1.807, 2.05) is 48.5 Å². The molecule has 0 radical (unpaired) electrons. The molecule has 0 amide bonds. The van der Waals surface area contributed by atoms with Gasteiger partial charge in [-0.3, -0.25) is 9.69 Å². The number of piperidine rings is 1. The smallest absolute Gasteiger partial charge is 0.306 e. The van der Waals surface area contributed by atoms with Gasteiger partial charge in [-0.1, -0.05) is 36.4 Å². The monoisotopic (exact) mass is 355 g/mol. The van der Waals surface area contributed by atoms with Crippen LogP contribution in [-0.2, 0) is 17.9 Å². The Kier molecular flexibility index (Phi) is 6.12. The van der Waals surface area contributed by atoms with E-state index in [-0.39, 0.29) is 5.92 Å². The molecular weight excluding hydrogens is 330 g/mol. The Hall–Kier alpha value is -2.53. The Balaban J connectivity index is 1.62. The van der Waals surface area contributed by atoms with Crippen molar-refractivity contribution in [3.05, 3.63) is 59.7 Å². The van der Waals surface area contributed by atoms with E-state index >= 15 is 0 Å². The van der Waals surface area contributed by atoms with E-state index in [2.05, 4.69) is 4.90 Å². The quantitative estimate of drug-likeness (QED) is 0.823. The van der Waals surface area contributed by atoms with Crippen molar-refractivity contribution in [2.45, 2.75) is 26.0 Å². The van der Waals surface area contributed by atoms with Gasteiger partial charge in [0, 0.05) is 6.54 Å². The number of hydrogen-bond acceptors (Lipinski definition) is 4. The predicted octanol–water partition coefficient (Wildman–Crippen LogP) is 3.57.